The molecular formula is C20H25FN2O4S. The Bertz CT molecular complexity index is 943. The van der Waals surface area contributed by atoms with Crippen molar-refractivity contribution in [2.45, 2.75) is 25.3 Å². The molecule has 0 unspecified atom stereocenters. The summed E-state index contributed by atoms with van der Waals surface area (Å²) in [7, 11) is -0.897. The quantitative estimate of drug-likeness (QED) is 0.673. The number of rotatable bonds is 8. The molecule has 0 aliphatic heterocycles. The maximum absolute atomic E-state index is 13.9. The first-order valence-corrected chi connectivity index (χ1v) is 10.4. The Morgan fingerprint density at radius 3 is 2.32 bits per heavy atom. The molecule has 1 amide bonds. The molecular weight excluding hydrogens is 383 g/mol. The van der Waals surface area contributed by atoms with Crippen LogP contribution in [0.15, 0.2) is 47.4 Å². The van der Waals surface area contributed by atoms with E-state index in [-0.39, 0.29) is 22.8 Å². The first kappa shape index (κ1) is 21.8. The number of carbonyl (C=O) groups is 1. The predicted molar refractivity (Wildman–Crippen MR) is 105 cm³/mol. The number of hydrogen-bond acceptors (Lipinski definition) is 4. The lowest BCUT2D eigenvalue weighted by Gasteiger charge is -2.22. The van der Waals surface area contributed by atoms with E-state index in [1.165, 1.54) is 47.6 Å². The maximum atomic E-state index is 13.9. The maximum Gasteiger partial charge on any atom is 0.253 e. The summed E-state index contributed by atoms with van der Waals surface area (Å²) >= 11 is 0. The standard InChI is InChI=1S/C20H25FN2O4S/c1-5-23(6-2)28(25,26)19-13-15(11-12-18(19)27-4)20(24)22(3)14-16-9-7-8-10-17(16)21/h7-13H,5-6,14H2,1-4H3. The van der Waals surface area contributed by atoms with Gasteiger partial charge in [-0.25, -0.2) is 12.8 Å². The van der Waals surface area contributed by atoms with Crippen molar-refractivity contribution < 1.29 is 22.3 Å². The summed E-state index contributed by atoms with van der Waals surface area (Å²) in [6, 6.07) is 10.5. The van der Waals surface area contributed by atoms with Gasteiger partial charge in [0.25, 0.3) is 5.91 Å². The van der Waals surface area contributed by atoms with Gasteiger partial charge in [-0.05, 0) is 24.3 Å². The Labute approximate surface area is 165 Å². The number of sulfonamides is 1. The van der Waals surface area contributed by atoms with Crippen LogP contribution in [0.4, 0.5) is 4.39 Å². The van der Waals surface area contributed by atoms with Gasteiger partial charge in [0.1, 0.15) is 16.5 Å². The van der Waals surface area contributed by atoms with Crippen molar-refractivity contribution >= 4 is 15.9 Å². The largest absolute Gasteiger partial charge is 0.495 e. The van der Waals surface area contributed by atoms with Crippen LogP contribution in [0.5, 0.6) is 5.75 Å². The molecule has 0 radical (unpaired) electrons. The zero-order valence-corrected chi connectivity index (χ0v) is 17.3. The third-order valence-electron chi connectivity index (χ3n) is 4.45. The molecule has 0 spiro atoms. The van der Waals surface area contributed by atoms with Gasteiger partial charge in [0.15, 0.2) is 0 Å². The number of benzene rings is 2. The fourth-order valence-electron chi connectivity index (χ4n) is 2.89. The molecule has 0 N–H and O–H groups in total. The van der Waals surface area contributed by atoms with Gasteiger partial charge >= 0.3 is 0 Å². The zero-order chi connectivity index (χ0) is 20.9. The summed E-state index contributed by atoms with van der Waals surface area (Å²) in [5.41, 5.74) is 0.563. The van der Waals surface area contributed by atoms with Crippen LogP contribution in [0.2, 0.25) is 0 Å². The van der Waals surface area contributed by atoms with Gasteiger partial charge in [-0.3, -0.25) is 4.79 Å². The summed E-state index contributed by atoms with van der Waals surface area (Å²) in [4.78, 5) is 14.1. The van der Waals surface area contributed by atoms with Crippen LogP contribution in [0.25, 0.3) is 0 Å². The monoisotopic (exact) mass is 408 g/mol. The summed E-state index contributed by atoms with van der Waals surface area (Å²) in [6.07, 6.45) is 0. The predicted octanol–water partition coefficient (Wildman–Crippen LogP) is 3.14. The molecule has 0 saturated heterocycles. The van der Waals surface area contributed by atoms with Gasteiger partial charge in [0.05, 0.1) is 7.11 Å². The molecule has 6 nitrogen and oxygen atoms in total. The van der Waals surface area contributed by atoms with E-state index in [2.05, 4.69) is 0 Å². The second kappa shape index (κ2) is 9.16. The average molecular weight is 408 g/mol. The number of amides is 1. The van der Waals surface area contributed by atoms with Crippen LogP contribution < -0.4 is 4.74 Å². The van der Waals surface area contributed by atoms with Gasteiger partial charge in [-0.15, -0.1) is 0 Å². The highest BCUT2D eigenvalue weighted by Crippen LogP contribution is 2.28. The molecule has 2 rings (SSSR count). The number of hydrogen-bond donors (Lipinski definition) is 0. The van der Waals surface area contributed by atoms with Crippen molar-refractivity contribution in [1.29, 1.82) is 0 Å². The lowest BCUT2D eigenvalue weighted by molar-refractivity contribution is 0.0783. The molecule has 0 aliphatic rings. The highest BCUT2D eigenvalue weighted by atomic mass is 32.2. The SMILES string of the molecule is CCN(CC)S(=O)(=O)c1cc(C(=O)N(C)Cc2ccccc2F)ccc1OC. The summed E-state index contributed by atoms with van der Waals surface area (Å²) < 4.78 is 46.2. The minimum atomic E-state index is -3.81. The van der Waals surface area contributed by atoms with E-state index in [0.717, 1.165) is 0 Å². The Hall–Kier alpha value is -2.45. The van der Waals surface area contributed by atoms with Gasteiger partial charge in [-0.1, -0.05) is 32.0 Å². The number of halogens is 1. The van der Waals surface area contributed by atoms with Crippen molar-refractivity contribution in [3.63, 3.8) is 0 Å². The normalized spacial score (nSPS) is 11.5. The molecule has 0 heterocycles. The first-order chi connectivity index (χ1) is 13.3. The Balaban J connectivity index is 2.39. The summed E-state index contributed by atoms with van der Waals surface area (Å²) in [5, 5.41) is 0. The molecule has 8 heteroatoms. The molecule has 152 valence electrons. The van der Waals surface area contributed by atoms with Crippen molar-refractivity contribution in [2.24, 2.45) is 0 Å². The van der Waals surface area contributed by atoms with Crippen LogP contribution in [0.1, 0.15) is 29.8 Å². The van der Waals surface area contributed by atoms with E-state index < -0.39 is 21.7 Å². The molecule has 0 bridgehead atoms. The third-order valence-corrected chi connectivity index (χ3v) is 6.52. The average Bonchev–Trinajstić information content (AvgIpc) is 2.69. The Morgan fingerprint density at radius 2 is 1.75 bits per heavy atom. The number of ether oxygens (including phenoxy) is 1. The Kier molecular flexibility index (Phi) is 7.15. The topological polar surface area (TPSA) is 66.9 Å². The summed E-state index contributed by atoms with van der Waals surface area (Å²) in [6.45, 7) is 4.14. The molecule has 0 saturated carbocycles. The van der Waals surface area contributed by atoms with E-state index in [0.29, 0.717) is 18.7 Å². The van der Waals surface area contributed by atoms with Crippen molar-refractivity contribution in [1.82, 2.24) is 9.21 Å². The molecule has 28 heavy (non-hydrogen) atoms. The van der Waals surface area contributed by atoms with Crippen LogP contribution in [-0.2, 0) is 16.6 Å². The lowest BCUT2D eigenvalue weighted by Crippen LogP contribution is -2.31. The van der Waals surface area contributed by atoms with E-state index >= 15 is 0 Å². The van der Waals surface area contributed by atoms with E-state index in [9.17, 15) is 17.6 Å². The van der Waals surface area contributed by atoms with Crippen molar-refractivity contribution in [3.05, 3.63) is 59.4 Å². The minimum Gasteiger partial charge on any atom is -0.495 e. The van der Waals surface area contributed by atoms with Crippen molar-refractivity contribution in [2.75, 3.05) is 27.2 Å². The van der Waals surface area contributed by atoms with E-state index in [1.54, 1.807) is 32.0 Å². The molecule has 2 aromatic rings. The smallest absolute Gasteiger partial charge is 0.253 e. The van der Waals surface area contributed by atoms with Gasteiger partial charge < -0.3 is 9.64 Å². The molecule has 2 aromatic carbocycles. The van der Waals surface area contributed by atoms with Crippen molar-refractivity contribution in [3.8, 4) is 5.75 Å². The van der Waals surface area contributed by atoms with Crippen LogP contribution in [0, 0.1) is 5.82 Å². The van der Waals surface area contributed by atoms with Gasteiger partial charge in [-0.2, -0.15) is 4.31 Å². The fraction of sp³-hybridized carbons (Fsp3) is 0.350. The molecule has 0 atom stereocenters. The second-order valence-electron chi connectivity index (χ2n) is 6.21. The third kappa shape index (κ3) is 4.51. The summed E-state index contributed by atoms with van der Waals surface area (Å²) in [5.74, 6) is -0.649. The second-order valence-corrected chi connectivity index (χ2v) is 8.11. The molecule has 0 aliphatic carbocycles. The molecule has 0 fully saturated rings. The van der Waals surface area contributed by atoms with Gasteiger partial charge in [0.2, 0.25) is 10.0 Å². The Morgan fingerprint density at radius 1 is 1.11 bits per heavy atom. The number of carbonyl (C=O) groups excluding carboxylic acids is 1. The van der Waals surface area contributed by atoms with Gasteiger partial charge in [0, 0.05) is 37.8 Å². The van der Waals surface area contributed by atoms with Crippen LogP contribution in [0.3, 0.4) is 0 Å². The van der Waals surface area contributed by atoms with Crippen LogP contribution in [-0.4, -0.2) is 50.8 Å². The highest BCUT2D eigenvalue weighted by molar-refractivity contribution is 7.89. The van der Waals surface area contributed by atoms with E-state index in [1.807, 2.05) is 0 Å². The minimum absolute atomic E-state index is 0.0651. The lowest BCUT2D eigenvalue weighted by atomic mass is 10.1. The van der Waals surface area contributed by atoms with Crippen LogP contribution >= 0.6 is 0 Å². The zero-order valence-electron chi connectivity index (χ0n) is 16.5. The highest BCUT2D eigenvalue weighted by Gasteiger charge is 2.27. The fourth-order valence-corrected chi connectivity index (χ4v) is 4.53. The van der Waals surface area contributed by atoms with E-state index in [4.69, 9.17) is 4.74 Å². The first-order valence-electron chi connectivity index (χ1n) is 8.93. The number of nitrogens with zero attached hydrogens (tertiary/aromatic N) is 2. The number of methoxy groups -OCH3 is 1. The molecule has 0 aromatic heterocycles.